The molecular formula is C17H32N2O3. The number of nitrogens with one attached hydrogen (secondary N) is 1. The molecule has 0 spiro atoms. The monoisotopic (exact) mass is 312 g/mol. The van der Waals surface area contributed by atoms with Gasteiger partial charge in [0.1, 0.15) is 6.10 Å². The van der Waals surface area contributed by atoms with Crippen molar-refractivity contribution in [3.8, 4) is 0 Å². The van der Waals surface area contributed by atoms with Gasteiger partial charge in [0, 0.05) is 6.54 Å². The maximum Gasteiger partial charge on any atom is 0.249 e. The Morgan fingerprint density at radius 2 is 1.91 bits per heavy atom. The highest BCUT2D eigenvalue weighted by Gasteiger charge is 2.26. The standard InChI is InChI=1S/C17H32N2O3/c1-2-16(22-15-8-4-3-5-9-15)17(21)18-14(13-20)12-19-10-6-7-11-19/h14-16,20H,2-13H2,1H3,(H,18,21)/t14-,16-/m1/s1. The lowest BCUT2D eigenvalue weighted by molar-refractivity contribution is -0.139. The summed E-state index contributed by atoms with van der Waals surface area (Å²) in [5.74, 6) is -0.0636. The van der Waals surface area contributed by atoms with Crippen LogP contribution >= 0.6 is 0 Å². The molecule has 0 aromatic carbocycles. The van der Waals surface area contributed by atoms with Gasteiger partial charge in [0.05, 0.1) is 18.8 Å². The van der Waals surface area contributed by atoms with Gasteiger partial charge >= 0.3 is 0 Å². The van der Waals surface area contributed by atoms with Gasteiger partial charge < -0.3 is 20.1 Å². The molecule has 2 N–H and O–H groups in total. The van der Waals surface area contributed by atoms with E-state index < -0.39 is 0 Å². The van der Waals surface area contributed by atoms with Gasteiger partial charge in [0.15, 0.2) is 0 Å². The zero-order valence-corrected chi connectivity index (χ0v) is 13.9. The summed E-state index contributed by atoms with van der Waals surface area (Å²) in [5.41, 5.74) is 0. The van der Waals surface area contributed by atoms with Gasteiger partial charge in [-0.15, -0.1) is 0 Å². The molecule has 1 amide bonds. The Labute approximate surface area is 134 Å². The molecule has 2 rings (SSSR count). The lowest BCUT2D eigenvalue weighted by atomic mass is 9.97. The minimum absolute atomic E-state index is 0.0118. The van der Waals surface area contributed by atoms with Crippen LogP contribution in [-0.4, -0.2) is 60.4 Å². The van der Waals surface area contributed by atoms with E-state index in [1.807, 2.05) is 6.92 Å². The molecule has 5 nitrogen and oxygen atoms in total. The first-order chi connectivity index (χ1) is 10.7. The van der Waals surface area contributed by atoms with Crippen LogP contribution < -0.4 is 5.32 Å². The first kappa shape index (κ1) is 17.7. The summed E-state index contributed by atoms with van der Waals surface area (Å²) in [6.07, 6.45) is 8.81. The van der Waals surface area contributed by atoms with E-state index in [9.17, 15) is 9.90 Å². The van der Waals surface area contributed by atoms with Gasteiger partial charge in [-0.1, -0.05) is 26.2 Å². The second-order valence-corrected chi connectivity index (χ2v) is 6.69. The van der Waals surface area contributed by atoms with Crippen molar-refractivity contribution in [3.63, 3.8) is 0 Å². The fourth-order valence-electron chi connectivity index (χ4n) is 3.50. The van der Waals surface area contributed by atoms with Gasteiger partial charge in [-0.25, -0.2) is 0 Å². The van der Waals surface area contributed by atoms with Crippen LogP contribution in [0.1, 0.15) is 58.3 Å². The van der Waals surface area contributed by atoms with Crippen molar-refractivity contribution in [1.82, 2.24) is 10.2 Å². The SMILES string of the molecule is CC[C@@H](OC1CCCCC1)C(=O)N[C@@H](CO)CN1CCCC1. The van der Waals surface area contributed by atoms with E-state index in [0.717, 1.165) is 32.5 Å². The maximum atomic E-state index is 12.4. The lowest BCUT2D eigenvalue weighted by Crippen LogP contribution is -2.49. The van der Waals surface area contributed by atoms with Crippen LogP contribution in [0.4, 0.5) is 0 Å². The van der Waals surface area contributed by atoms with Crippen molar-refractivity contribution >= 4 is 5.91 Å². The van der Waals surface area contributed by atoms with Crippen molar-refractivity contribution in [3.05, 3.63) is 0 Å². The molecular weight excluding hydrogens is 280 g/mol. The average molecular weight is 312 g/mol. The maximum absolute atomic E-state index is 12.4. The fraction of sp³-hybridized carbons (Fsp3) is 0.941. The number of ether oxygens (including phenoxy) is 1. The number of hydrogen-bond acceptors (Lipinski definition) is 4. The number of nitrogens with zero attached hydrogens (tertiary/aromatic N) is 1. The summed E-state index contributed by atoms with van der Waals surface area (Å²) in [6, 6.07) is -0.186. The molecule has 2 aliphatic rings. The minimum Gasteiger partial charge on any atom is -0.394 e. The van der Waals surface area contributed by atoms with E-state index in [1.54, 1.807) is 0 Å². The Morgan fingerprint density at radius 1 is 1.23 bits per heavy atom. The molecule has 1 aliphatic heterocycles. The minimum atomic E-state index is -0.379. The van der Waals surface area contributed by atoms with Crippen LogP contribution in [0.3, 0.4) is 0 Å². The molecule has 0 unspecified atom stereocenters. The smallest absolute Gasteiger partial charge is 0.249 e. The van der Waals surface area contributed by atoms with Crippen molar-refractivity contribution in [1.29, 1.82) is 0 Å². The molecule has 1 saturated heterocycles. The summed E-state index contributed by atoms with van der Waals surface area (Å²) in [4.78, 5) is 14.7. The van der Waals surface area contributed by atoms with E-state index in [4.69, 9.17) is 4.74 Å². The highest BCUT2D eigenvalue weighted by atomic mass is 16.5. The van der Waals surface area contributed by atoms with Crippen LogP contribution in [0.15, 0.2) is 0 Å². The van der Waals surface area contributed by atoms with Crippen molar-refractivity contribution in [2.45, 2.75) is 76.5 Å². The van der Waals surface area contributed by atoms with Crippen LogP contribution in [0.5, 0.6) is 0 Å². The zero-order chi connectivity index (χ0) is 15.8. The van der Waals surface area contributed by atoms with E-state index >= 15 is 0 Å². The molecule has 128 valence electrons. The third kappa shape index (κ3) is 5.52. The van der Waals surface area contributed by atoms with Crippen molar-refractivity contribution < 1.29 is 14.6 Å². The predicted octanol–water partition coefficient (Wildman–Crippen LogP) is 1.69. The predicted molar refractivity (Wildman–Crippen MR) is 86.7 cm³/mol. The van der Waals surface area contributed by atoms with E-state index in [0.29, 0.717) is 6.42 Å². The molecule has 0 radical (unpaired) electrons. The molecule has 0 aromatic rings. The molecule has 2 atom stereocenters. The van der Waals surface area contributed by atoms with Crippen molar-refractivity contribution in [2.75, 3.05) is 26.2 Å². The van der Waals surface area contributed by atoms with Gasteiger partial charge in [-0.2, -0.15) is 0 Å². The number of rotatable bonds is 8. The molecule has 0 bridgehead atoms. The van der Waals surface area contributed by atoms with Crippen LogP contribution in [0, 0.1) is 0 Å². The number of carbonyl (C=O) groups excluding carboxylic acids is 1. The summed E-state index contributed by atoms with van der Waals surface area (Å²) in [6.45, 7) is 4.86. The van der Waals surface area contributed by atoms with E-state index in [-0.39, 0.29) is 30.8 Å². The molecule has 22 heavy (non-hydrogen) atoms. The highest BCUT2D eigenvalue weighted by Crippen LogP contribution is 2.22. The number of likely N-dealkylation sites (tertiary alicyclic amines) is 1. The van der Waals surface area contributed by atoms with Gasteiger partial charge in [-0.05, 0) is 45.2 Å². The molecule has 1 heterocycles. The van der Waals surface area contributed by atoms with Crippen LogP contribution in [-0.2, 0) is 9.53 Å². The second kappa shape index (κ2) is 9.48. The van der Waals surface area contributed by atoms with Crippen LogP contribution in [0.25, 0.3) is 0 Å². The number of aliphatic hydroxyl groups is 1. The second-order valence-electron chi connectivity index (χ2n) is 6.69. The first-order valence-corrected chi connectivity index (χ1v) is 9.02. The van der Waals surface area contributed by atoms with E-state index in [2.05, 4.69) is 10.2 Å². The summed E-state index contributed by atoms with van der Waals surface area (Å²) < 4.78 is 6.01. The third-order valence-corrected chi connectivity index (χ3v) is 4.82. The number of aliphatic hydroxyl groups excluding tert-OH is 1. The molecule has 5 heteroatoms. The van der Waals surface area contributed by atoms with Gasteiger partial charge in [0.25, 0.3) is 0 Å². The Hall–Kier alpha value is -0.650. The highest BCUT2D eigenvalue weighted by molar-refractivity contribution is 5.81. The summed E-state index contributed by atoms with van der Waals surface area (Å²) >= 11 is 0. The van der Waals surface area contributed by atoms with Gasteiger partial charge in [-0.3, -0.25) is 4.79 Å². The Kier molecular flexibility index (Phi) is 7.63. The summed E-state index contributed by atoms with van der Waals surface area (Å²) in [7, 11) is 0. The average Bonchev–Trinajstić information content (AvgIpc) is 3.05. The lowest BCUT2D eigenvalue weighted by Gasteiger charge is -2.28. The number of amides is 1. The number of carbonyl (C=O) groups is 1. The largest absolute Gasteiger partial charge is 0.394 e. The Balaban J connectivity index is 1.78. The first-order valence-electron chi connectivity index (χ1n) is 9.02. The zero-order valence-electron chi connectivity index (χ0n) is 13.9. The quantitative estimate of drug-likeness (QED) is 0.716. The Morgan fingerprint density at radius 3 is 2.50 bits per heavy atom. The normalized spacial score (nSPS) is 23.4. The molecule has 1 aliphatic carbocycles. The topological polar surface area (TPSA) is 61.8 Å². The number of hydrogen-bond donors (Lipinski definition) is 2. The van der Waals surface area contributed by atoms with E-state index in [1.165, 1.54) is 32.1 Å². The van der Waals surface area contributed by atoms with Gasteiger partial charge in [0.2, 0.25) is 5.91 Å². The fourth-order valence-corrected chi connectivity index (χ4v) is 3.50. The molecule has 2 fully saturated rings. The Bertz CT molecular complexity index is 326. The molecule has 1 saturated carbocycles. The van der Waals surface area contributed by atoms with Crippen molar-refractivity contribution in [2.24, 2.45) is 0 Å². The third-order valence-electron chi connectivity index (χ3n) is 4.82. The van der Waals surface area contributed by atoms with Crippen LogP contribution in [0.2, 0.25) is 0 Å². The summed E-state index contributed by atoms with van der Waals surface area (Å²) in [5, 5.41) is 12.5. The molecule has 0 aromatic heterocycles.